The molecule has 0 aliphatic rings. The second-order valence-corrected chi connectivity index (χ2v) is 4.00. The highest BCUT2D eigenvalue weighted by Crippen LogP contribution is 2.17. The molecule has 0 radical (unpaired) electrons. The highest BCUT2D eigenvalue weighted by atomic mass is 16.1. The van der Waals surface area contributed by atoms with Gasteiger partial charge in [-0.15, -0.1) is 0 Å². The van der Waals surface area contributed by atoms with Crippen molar-refractivity contribution in [2.24, 2.45) is 11.8 Å². The molecule has 2 atom stereocenters. The molecule has 1 unspecified atom stereocenters. The second kappa shape index (κ2) is 6.93. The van der Waals surface area contributed by atoms with Gasteiger partial charge in [-0.1, -0.05) is 40.0 Å². The molecular formula is C11H23NO. The van der Waals surface area contributed by atoms with Gasteiger partial charge in [0.25, 0.3) is 0 Å². The third kappa shape index (κ3) is 5.67. The van der Waals surface area contributed by atoms with Crippen molar-refractivity contribution in [3.63, 3.8) is 0 Å². The lowest BCUT2D eigenvalue weighted by molar-refractivity contribution is -0.124. The van der Waals surface area contributed by atoms with Crippen LogP contribution >= 0.6 is 0 Å². The smallest absolute Gasteiger partial charge is 0.222 e. The van der Waals surface area contributed by atoms with Gasteiger partial charge in [-0.05, 0) is 12.3 Å². The van der Waals surface area contributed by atoms with E-state index in [0.29, 0.717) is 5.92 Å². The van der Waals surface area contributed by atoms with Crippen LogP contribution in [0.5, 0.6) is 0 Å². The van der Waals surface area contributed by atoms with Crippen LogP contribution in [0.4, 0.5) is 0 Å². The fourth-order valence-corrected chi connectivity index (χ4v) is 1.63. The molecule has 0 saturated carbocycles. The number of unbranched alkanes of at least 4 members (excludes halogenated alkanes) is 1. The maximum atomic E-state index is 11.2. The molecule has 78 valence electrons. The first-order valence-electron chi connectivity index (χ1n) is 5.33. The molecule has 0 bridgehead atoms. The van der Waals surface area contributed by atoms with Crippen LogP contribution < -0.4 is 5.32 Å². The zero-order chi connectivity index (χ0) is 10.3. The minimum absolute atomic E-state index is 0.164. The van der Waals surface area contributed by atoms with Gasteiger partial charge in [-0.25, -0.2) is 0 Å². The van der Waals surface area contributed by atoms with Crippen molar-refractivity contribution in [3.05, 3.63) is 0 Å². The summed E-state index contributed by atoms with van der Waals surface area (Å²) in [6, 6.07) is 0. The minimum atomic E-state index is 0.164. The van der Waals surface area contributed by atoms with Gasteiger partial charge >= 0.3 is 0 Å². The first-order valence-corrected chi connectivity index (χ1v) is 5.33. The van der Waals surface area contributed by atoms with Crippen LogP contribution in [0.3, 0.4) is 0 Å². The molecule has 0 aliphatic heterocycles. The van der Waals surface area contributed by atoms with E-state index in [2.05, 4.69) is 19.2 Å². The lowest BCUT2D eigenvalue weighted by atomic mass is 9.92. The quantitative estimate of drug-likeness (QED) is 0.677. The van der Waals surface area contributed by atoms with Gasteiger partial charge in [0.15, 0.2) is 0 Å². The van der Waals surface area contributed by atoms with E-state index in [1.807, 2.05) is 6.92 Å². The number of hydrogen-bond acceptors (Lipinski definition) is 1. The third-order valence-corrected chi connectivity index (χ3v) is 2.50. The number of nitrogens with one attached hydrogen (secondary N) is 1. The molecule has 0 rings (SSSR count). The minimum Gasteiger partial charge on any atom is -0.359 e. The topological polar surface area (TPSA) is 29.1 Å². The van der Waals surface area contributed by atoms with Crippen LogP contribution in [0.15, 0.2) is 0 Å². The first kappa shape index (κ1) is 12.5. The highest BCUT2D eigenvalue weighted by Gasteiger charge is 2.14. The standard InChI is InChI=1S/C11H23NO/c1-5-6-7-9(2)8-10(3)11(13)12-4/h9-10H,5-8H2,1-4H3,(H,12,13)/t9-,10?/m1/s1. The summed E-state index contributed by atoms with van der Waals surface area (Å²) in [6.07, 6.45) is 4.79. The first-order chi connectivity index (χ1) is 6.11. The molecule has 0 aromatic rings. The Morgan fingerprint density at radius 2 is 2.00 bits per heavy atom. The van der Waals surface area contributed by atoms with Gasteiger partial charge in [-0.2, -0.15) is 0 Å². The van der Waals surface area contributed by atoms with E-state index < -0.39 is 0 Å². The van der Waals surface area contributed by atoms with Gasteiger partial charge in [0.1, 0.15) is 0 Å². The summed E-state index contributed by atoms with van der Waals surface area (Å²) in [7, 11) is 1.70. The van der Waals surface area contributed by atoms with E-state index in [1.54, 1.807) is 7.05 Å². The van der Waals surface area contributed by atoms with Crippen molar-refractivity contribution in [2.75, 3.05) is 7.05 Å². The Kier molecular flexibility index (Phi) is 6.65. The molecule has 0 heterocycles. The maximum Gasteiger partial charge on any atom is 0.222 e. The molecule has 0 aromatic heterocycles. The Labute approximate surface area is 82.1 Å². The predicted octanol–water partition coefficient (Wildman–Crippen LogP) is 2.58. The maximum absolute atomic E-state index is 11.2. The van der Waals surface area contributed by atoms with Crippen molar-refractivity contribution in [1.29, 1.82) is 0 Å². The van der Waals surface area contributed by atoms with Crippen LogP contribution in [0.1, 0.15) is 46.5 Å². The summed E-state index contributed by atoms with van der Waals surface area (Å²) >= 11 is 0. The van der Waals surface area contributed by atoms with Crippen LogP contribution in [-0.2, 0) is 4.79 Å². The Morgan fingerprint density at radius 3 is 2.46 bits per heavy atom. The molecule has 0 fully saturated rings. The molecule has 2 heteroatoms. The normalized spacial score (nSPS) is 15.1. The molecule has 0 spiro atoms. The number of carbonyl (C=O) groups excluding carboxylic acids is 1. The van der Waals surface area contributed by atoms with Gasteiger partial charge in [0.05, 0.1) is 0 Å². The fraction of sp³-hybridized carbons (Fsp3) is 0.909. The molecule has 0 aromatic carbocycles. The van der Waals surface area contributed by atoms with E-state index in [9.17, 15) is 4.79 Å². The van der Waals surface area contributed by atoms with Gasteiger partial charge in [0, 0.05) is 13.0 Å². The lowest BCUT2D eigenvalue weighted by Gasteiger charge is -2.15. The molecule has 0 aliphatic carbocycles. The van der Waals surface area contributed by atoms with Crippen molar-refractivity contribution >= 4 is 5.91 Å². The third-order valence-electron chi connectivity index (χ3n) is 2.50. The summed E-state index contributed by atoms with van der Waals surface area (Å²) in [5, 5.41) is 2.69. The number of hydrogen-bond donors (Lipinski definition) is 1. The van der Waals surface area contributed by atoms with Gasteiger partial charge in [0.2, 0.25) is 5.91 Å². The molecule has 0 saturated heterocycles. The van der Waals surface area contributed by atoms with E-state index in [4.69, 9.17) is 0 Å². The molecule has 1 amide bonds. The van der Waals surface area contributed by atoms with E-state index in [0.717, 1.165) is 6.42 Å². The number of carbonyl (C=O) groups is 1. The number of rotatable bonds is 6. The zero-order valence-electron chi connectivity index (χ0n) is 9.39. The Bertz CT molecular complexity index is 145. The Balaban J connectivity index is 3.64. The van der Waals surface area contributed by atoms with E-state index in [-0.39, 0.29) is 11.8 Å². The van der Waals surface area contributed by atoms with Crippen LogP contribution in [0, 0.1) is 11.8 Å². The van der Waals surface area contributed by atoms with E-state index >= 15 is 0 Å². The molecular weight excluding hydrogens is 162 g/mol. The van der Waals surface area contributed by atoms with Gasteiger partial charge in [-0.3, -0.25) is 4.79 Å². The zero-order valence-corrected chi connectivity index (χ0v) is 9.39. The van der Waals surface area contributed by atoms with Crippen molar-refractivity contribution in [3.8, 4) is 0 Å². The van der Waals surface area contributed by atoms with Crippen LogP contribution in [-0.4, -0.2) is 13.0 Å². The van der Waals surface area contributed by atoms with Crippen LogP contribution in [0.2, 0.25) is 0 Å². The van der Waals surface area contributed by atoms with Crippen molar-refractivity contribution < 1.29 is 4.79 Å². The molecule has 2 nitrogen and oxygen atoms in total. The monoisotopic (exact) mass is 185 g/mol. The average molecular weight is 185 g/mol. The van der Waals surface area contributed by atoms with Gasteiger partial charge < -0.3 is 5.32 Å². The Morgan fingerprint density at radius 1 is 1.38 bits per heavy atom. The van der Waals surface area contributed by atoms with Crippen molar-refractivity contribution in [2.45, 2.75) is 46.5 Å². The fourth-order valence-electron chi connectivity index (χ4n) is 1.63. The molecule has 13 heavy (non-hydrogen) atoms. The number of amides is 1. The average Bonchev–Trinajstić information content (AvgIpc) is 2.13. The lowest BCUT2D eigenvalue weighted by Crippen LogP contribution is -2.26. The molecule has 1 N–H and O–H groups in total. The van der Waals surface area contributed by atoms with Crippen LogP contribution in [0.25, 0.3) is 0 Å². The second-order valence-electron chi connectivity index (χ2n) is 4.00. The Hall–Kier alpha value is -0.530. The predicted molar refractivity (Wildman–Crippen MR) is 56.5 cm³/mol. The summed E-state index contributed by atoms with van der Waals surface area (Å²) in [5.74, 6) is 1.01. The summed E-state index contributed by atoms with van der Waals surface area (Å²) in [6.45, 7) is 6.44. The highest BCUT2D eigenvalue weighted by molar-refractivity contribution is 5.77. The summed E-state index contributed by atoms with van der Waals surface area (Å²) in [5.41, 5.74) is 0. The summed E-state index contributed by atoms with van der Waals surface area (Å²) < 4.78 is 0. The summed E-state index contributed by atoms with van der Waals surface area (Å²) in [4.78, 5) is 11.2. The SMILES string of the molecule is CCCC[C@@H](C)CC(C)C(=O)NC. The largest absolute Gasteiger partial charge is 0.359 e. The van der Waals surface area contributed by atoms with Crippen molar-refractivity contribution in [1.82, 2.24) is 5.32 Å². The van der Waals surface area contributed by atoms with E-state index in [1.165, 1.54) is 19.3 Å².